The van der Waals surface area contributed by atoms with Crippen molar-refractivity contribution in [1.82, 2.24) is 0 Å². The molecule has 1 unspecified atom stereocenters. The zero-order valence-corrected chi connectivity index (χ0v) is 10.8. The molecule has 3 heteroatoms. The maximum atomic E-state index is 11.6. The Morgan fingerprint density at radius 2 is 1.83 bits per heavy atom. The van der Waals surface area contributed by atoms with Crippen LogP contribution in [0.15, 0.2) is 24.3 Å². The van der Waals surface area contributed by atoms with Crippen molar-refractivity contribution in [2.24, 2.45) is 0 Å². The molecule has 1 aliphatic rings. The van der Waals surface area contributed by atoms with Crippen LogP contribution in [0, 0.1) is 0 Å². The molecule has 2 rings (SSSR count). The molecule has 0 spiro atoms. The van der Waals surface area contributed by atoms with Gasteiger partial charge in [0.05, 0.1) is 6.10 Å². The van der Waals surface area contributed by atoms with Crippen molar-refractivity contribution in [2.45, 2.75) is 51.2 Å². The van der Waals surface area contributed by atoms with Gasteiger partial charge in [-0.3, -0.25) is 4.79 Å². The van der Waals surface area contributed by atoms with E-state index in [1.807, 2.05) is 12.1 Å². The summed E-state index contributed by atoms with van der Waals surface area (Å²) in [6.45, 7) is 1.48. The Kier molecular flexibility index (Phi) is 4.37. The highest BCUT2D eigenvalue weighted by Crippen LogP contribution is 2.23. The molecule has 1 aromatic rings. The molecule has 1 aromatic carbocycles. The Morgan fingerprint density at radius 1 is 1.22 bits per heavy atom. The van der Waals surface area contributed by atoms with Gasteiger partial charge in [-0.25, -0.2) is 0 Å². The summed E-state index contributed by atoms with van der Waals surface area (Å²) >= 11 is 0. The first-order valence-electron chi connectivity index (χ1n) is 6.66. The second kappa shape index (κ2) is 6.01. The number of aliphatic hydroxyl groups excluding tert-OH is 1. The molecule has 1 saturated carbocycles. The highest BCUT2D eigenvalue weighted by Gasteiger charge is 2.15. The Morgan fingerprint density at radius 3 is 2.39 bits per heavy atom. The first-order valence-corrected chi connectivity index (χ1v) is 6.66. The highest BCUT2D eigenvalue weighted by atomic mass is 16.5. The quantitative estimate of drug-likeness (QED) is 0.833. The van der Waals surface area contributed by atoms with Crippen molar-refractivity contribution in [1.29, 1.82) is 0 Å². The average Bonchev–Trinajstić information content (AvgIpc) is 2.40. The third kappa shape index (κ3) is 3.33. The van der Waals surface area contributed by atoms with Gasteiger partial charge in [0, 0.05) is 5.56 Å². The van der Waals surface area contributed by atoms with Gasteiger partial charge in [0.1, 0.15) is 11.9 Å². The maximum Gasteiger partial charge on any atom is 0.190 e. The summed E-state index contributed by atoms with van der Waals surface area (Å²) in [6, 6.07) is 7.05. The molecule has 98 valence electrons. The van der Waals surface area contributed by atoms with Crippen molar-refractivity contribution in [3.05, 3.63) is 29.8 Å². The summed E-state index contributed by atoms with van der Waals surface area (Å²) in [5, 5.41) is 9.22. The van der Waals surface area contributed by atoms with Crippen molar-refractivity contribution >= 4 is 5.78 Å². The normalized spacial score (nSPS) is 18.3. The van der Waals surface area contributed by atoms with Crippen LogP contribution in [0.4, 0.5) is 0 Å². The minimum atomic E-state index is -0.949. The van der Waals surface area contributed by atoms with Crippen LogP contribution in [0.5, 0.6) is 5.75 Å². The summed E-state index contributed by atoms with van der Waals surface area (Å²) < 4.78 is 5.88. The van der Waals surface area contributed by atoms with Crippen molar-refractivity contribution in [2.75, 3.05) is 0 Å². The average molecular weight is 248 g/mol. The largest absolute Gasteiger partial charge is 0.490 e. The van der Waals surface area contributed by atoms with Gasteiger partial charge in [-0.1, -0.05) is 6.42 Å². The van der Waals surface area contributed by atoms with Crippen LogP contribution in [-0.2, 0) is 0 Å². The SMILES string of the molecule is CC(O)C(=O)c1ccc(OC2CCCCC2)cc1. The van der Waals surface area contributed by atoms with Crippen LogP contribution in [0.2, 0.25) is 0 Å². The van der Waals surface area contributed by atoms with Gasteiger partial charge < -0.3 is 9.84 Å². The topological polar surface area (TPSA) is 46.5 Å². The molecule has 0 amide bonds. The summed E-state index contributed by atoms with van der Waals surface area (Å²) in [6.07, 6.45) is 5.39. The molecule has 0 radical (unpaired) electrons. The van der Waals surface area contributed by atoms with Crippen molar-refractivity contribution in [3.63, 3.8) is 0 Å². The number of carbonyl (C=O) groups is 1. The molecule has 0 heterocycles. The second-order valence-corrected chi connectivity index (χ2v) is 4.94. The number of carbonyl (C=O) groups excluding carboxylic acids is 1. The molecule has 1 fully saturated rings. The number of Topliss-reactive ketones (excluding diaryl/α,β-unsaturated/α-hetero) is 1. The number of ether oxygens (including phenoxy) is 1. The van der Waals surface area contributed by atoms with E-state index in [-0.39, 0.29) is 5.78 Å². The summed E-state index contributed by atoms with van der Waals surface area (Å²) in [7, 11) is 0. The van der Waals surface area contributed by atoms with E-state index in [1.54, 1.807) is 12.1 Å². The number of ketones is 1. The van der Waals surface area contributed by atoms with Crippen LogP contribution in [0.1, 0.15) is 49.4 Å². The minimum absolute atomic E-state index is 0.251. The van der Waals surface area contributed by atoms with Gasteiger partial charge in [-0.15, -0.1) is 0 Å². The number of rotatable bonds is 4. The Hall–Kier alpha value is -1.35. The molecule has 3 nitrogen and oxygen atoms in total. The predicted octanol–water partition coefficient (Wildman–Crippen LogP) is 2.96. The molecule has 0 saturated heterocycles. The molecule has 0 aliphatic heterocycles. The van der Waals surface area contributed by atoms with Gasteiger partial charge in [0.2, 0.25) is 0 Å². The van der Waals surface area contributed by atoms with Crippen LogP contribution >= 0.6 is 0 Å². The van der Waals surface area contributed by atoms with E-state index in [4.69, 9.17) is 4.74 Å². The second-order valence-electron chi connectivity index (χ2n) is 4.94. The summed E-state index contributed by atoms with van der Waals surface area (Å²) in [5.74, 6) is 0.559. The van der Waals surface area contributed by atoms with E-state index in [9.17, 15) is 9.90 Å². The highest BCUT2D eigenvalue weighted by molar-refractivity contribution is 5.99. The monoisotopic (exact) mass is 248 g/mol. The summed E-state index contributed by atoms with van der Waals surface area (Å²) in [4.78, 5) is 11.6. The molecule has 1 aliphatic carbocycles. The van der Waals surface area contributed by atoms with Crippen LogP contribution in [0.25, 0.3) is 0 Å². The lowest BCUT2D eigenvalue weighted by Crippen LogP contribution is -2.20. The molecule has 0 bridgehead atoms. The number of hydrogen-bond donors (Lipinski definition) is 1. The van der Waals surface area contributed by atoms with E-state index in [2.05, 4.69) is 0 Å². The van der Waals surface area contributed by atoms with Gasteiger partial charge in [-0.05, 0) is 56.9 Å². The fourth-order valence-corrected chi connectivity index (χ4v) is 2.31. The molecule has 1 N–H and O–H groups in total. The first-order chi connectivity index (χ1) is 8.66. The van der Waals surface area contributed by atoms with Gasteiger partial charge in [0.15, 0.2) is 5.78 Å². The number of benzene rings is 1. The lowest BCUT2D eigenvalue weighted by atomic mass is 9.98. The van der Waals surface area contributed by atoms with Crippen LogP contribution < -0.4 is 4.74 Å². The van der Waals surface area contributed by atoms with E-state index >= 15 is 0 Å². The Balaban J connectivity index is 1.96. The Labute approximate surface area is 108 Å². The molecular formula is C15H20O3. The van der Waals surface area contributed by atoms with Gasteiger partial charge in [-0.2, -0.15) is 0 Å². The minimum Gasteiger partial charge on any atom is -0.490 e. The lowest BCUT2D eigenvalue weighted by Gasteiger charge is -2.23. The molecule has 1 atom stereocenters. The lowest BCUT2D eigenvalue weighted by molar-refractivity contribution is 0.0779. The maximum absolute atomic E-state index is 11.6. The molecular weight excluding hydrogens is 228 g/mol. The fourth-order valence-electron chi connectivity index (χ4n) is 2.31. The standard InChI is InChI=1S/C15H20O3/c1-11(16)15(17)12-7-9-14(10-8-12)18-13-5-3-2-4-6-13/h7-11,13,16H,2-6H2,1H3. The molecule has 0 aromatic heterocycles. The van der Waals surface area contributed by atoms with Crippen LogP contribution in [-0.4, -0.2) is 23.1 Å². The number of aliphatic hydroxyl groups is 1. The van der Waals surface area contributed by atoms with Crippen LogP contribution in [0.3, 0.4) is 0 Å². The van der Waals surface area contributed by atoms with Gasteiger partial charge >= 0.3 is 0 Å². The summed E-state index contributed by atoms with van der Waals surface area (Å²) in [5.41, 5.74) is 0.529. The van der Waals surface area contributed by atoms with E-state index in [0.717, 1.165) is 18.6 Å². The molecule has 18 heavy (non-hydrogen) atoms. The van der Waals surface area contributed by atoms with Crippen molar-refractivity contribution < 1.29 is 14.6 Å². The van der Waals surface area contributed by atoms with E-state index in [1.165, 1.54) is 26.2 Å². The third-order valence-electron chi connectivity index (χ3n) is 3.37. The Bertz CT molecular complexity index is 389. The van der Waals surface area contributed by atoms with E-state index < -0.39 is 6.10 Å². The fraction of sp³-hybridized carbons (Fsp3) is 0.533. The van der Waals surface area contributed by atoms with Crippen molar-refractivity contribution in [3.8, 4) is 5.75 Å². The van der Waals surface area contributed by atoms with E-state index in [0.29, 0.717) is 11.7 Å². The first kappa shape index (κ1) is 13.1. The third-order valence-corrected chi connectivity index (χ3v) is 3.37. The number of hydrogen-bond acceptors (Lipinski definition) is 3. The predicted molar refractivity (Wildman–Crippen MR) is 70.0 cm³/mol. The zero-order chi connectivity index (χ0) is 13.0. The van der Waals surface area contributed by atoms with Gasteiger partial charge in [0.25, 0.3) is 0 Å². The zero-order valence-electron chi connectivity index (χ0n) is 10.8. The smallest absolute Gasteiger partial charge is 0.190 e.